The normalized spacial score (nSPS) is 10.2. The van der Waals surface area contributed by atoms with Crippen LogP contribution in [0.15, 0.2) is 6.33 Å². The minimum atomic E-state index is -0.604. The highest BCUT2D eigenvalue weighted by atomic mass is 35.5. The number of anilines is 1. The van der Waals surface area contributed by atoms with E-state index in [1.165, 1.54) is 6.33 Å². The number of nitrogens with one attached hydrogen (secondary N) is 1. The molecule has 0 radical (unpaired) electrons. The van der Waals surface area contributed by atoms with Crippen LogP contribution in [0.3, 0.4) is 0 Å². The lowest BCUT2D eigenvalue weighted by Gasteiger charge is -2.06. The maximum absolute atomic E-state index is 10.8. The van der Waals surface area contributed by atoms with E-state index in [0.29, 0.717) is 19.8 Å². The molecule has 0 aliphatic heterocycles. The van der Waals surface area contributed by atoms with Gasteiger partial charge >= 0.3 is 5.69 Å². The van der Waals surface area contributed by atoms with Crippen LogP contribution in [0.5, 0.6) is 0 Å². The molecule has 0 saturated heterocycles. The Morgan fingerprint density at radius 3 is 3.00 bits per heavy atom. The predicted molar refractivity (Wildman–Crippen MR) is 63.3 cm³/mol. The molecule has 1 N–H and O–H groups in total. The van der Waals surface area contributed by atoms with E-state index in [2.05, 4.69) is 15.3 Å². The minimum absolute atomic E-state index is 0.131. The molecule has 1 heterocycles. The van der Waals surface area contributed by atoms with Crippen LogP contribution in [0, 0.1) is 10.1 Å². The van der Waals surface area contributed by atoms with E-state index in [4.69, 9.17) is 16.3 Å². The van der Waals surface area contributed by atoms with Crippen molar-refractivity contribution in [2.75, 3.05) is 25.1 Å². The average molecular weight is 261 g/mol. The van der Waals surface area contributed by atoms with Gasteiger partial charge in [0.2, 0.25) is 11.0 Å². The molecule has 0 bridgehead atoms. The monoisotopic (exact) mass is 260 g/mol. The van der Waals surface area contributed by atoms with Crippen molar-refractivity contribution in [3.05, 3.63) is 21.6 Å². The van der Waals surface area contributed by atoms with E-state index in [1.54, 1.807) is 0 Å². The molecule has 0 aliphatic carbocycles. The highest BCUT2D eigenvalue weighted by Gasteiger charge is 2.20. The van der Waals surface area contributed by atoms with E-state index in [0.717, 1.165) is 6.42 Å². The third-order valence-electron chi connectivity index (χ3n) is 1.92. The van der Waals surface area contributed by atoms with Crippen LogP contribution >= 0.6 is 11.6 Å². The molecule has 0 spiro atoms. The van der Waals surface area contributed by atoms with Crippen LogP contribution in [-0.4, -0.2) is 34.6 Å². The van der Waals surface area contributed by atoms with E-state index < -0.39 is 4.92 Å². The molecule has 0 unspecified atom stereocenters. The van der Waals surface area contributed by atoms with E-state index in [-0.39, 0.29) is 16.7 Å². The molecule has 0 aromatic carbocycles. The minimum Gasteiger partial charge on any atom is -0.382 e. The van der Waals surface area contributed by atoms with Gasteiger partial charge in [-0.05, 0) is 13.3 Å². The number of nitro groups is 1. The number of ether oxygens (including phenoxy) is 1. The van der Waals surface area contributed by atoms with Crippen molar-refractivity contribution < 1.29 is 9.66 Å². The van der Waals surface area contributed by atoms with Crippen LogP contribution in [0.1, 0.15) is 13.3 Å². The average Bonchev–Trinajstić information content (AvgIpc) is 2.28. The van der Waals surface area contributed by atoms with Crippen molar-refractivity contribution in [2.24, 2.45) is 0 Å². The van der Waals surface area contributed by atoms with Crippen LogP contribution in [0.2, 0.25) is 5.15 Å². The molecule has 1 aromatic heterocycles. The summed E-state index contributed by atoms with van der Waals surface area (Å²) in [7, 11) is 0. The van der Waals surface area contributed by atoms with Gasteiger partial charge < -0.3 is 10.1 Å². The molecule has 17 heavy (non-hydrogen) atoms. The van der Waals surface area contributed by atoms with Crippen LogP contribution in [-0.2, 0) is 4.74 Å². The maximum atomic E-state index is 10.8. The Morgan fingerprint density at radius 2 is 2.35 bits per heavy atom. The molecule has 0 fully saturated rings. The van der Waals surface area contributed by atoms with Crippen LogP contribution < -0.4 is 5.32 Å². The third-order valence-corrected chi connectivity index (χ3v) is 2.20. The predicted octanol–water partition coefficient (Wildman–Crippen LogP) is 1.88. The number of hydrogen-bond acceptors (Lipinski definition) is 6. The van der Waals surface area contributed by atoms with E-state index in [1.807, 2.05) is 6.92 Å². The quantitative estimate of drug-likeness (QED) is 0.348. The van der Waals surface area contributed by atoms with Crippen molar-refractivity contribution >= 4 is 23.1 Å². The maximum Gasteiger partial charge on any atom is 0.348 e. The van der Waals surface area contributed by atoms with Gasteiger partial charge in [0.1, 0.15) is 6.33 Å². The number of rotatable bonds is 7. The number of hydrogen-bond donors (Lipinski definition) is 1. The summed E-state index contributed by atoms with van der Waals surface area (Å²) >= 11 is 5.63. The van der Waals surface area contributed by atoms with E-state index >= 15 is 0 Å². The van der Waals surface area contributed by atoms with Crippen molar-refractivity contribution in [1.29, 1.82) is 0 Å². The molecule has 94 valence electrons. The summed E-state index contributed by atoms with van der Waals surface area (Å²) in [5, 5.41) is 13.4. The van der Waals surface area contributed by atoms with Gasteiger partial charge in [-0.1, -0.05) is 11.6 Å². The second-order valence-electron chi connectivity index (χ2n) is 3.10. The summed E-state index contributed by atoms with van der Waals surface area (Å²) in [5.41, 5.74) is -0.300. The second-order valence-corrected chi connectivity index (χ2v) is 3.45. The molecule has 7 nitrogen and oxygen atoms in total. The van der Waals surface area contributed by atoms with Gasteiger partial charge in [-0.15, -0.1) is 0 Å². The Bertz CT molecular complexity index is 389. The molecule has 0 saturated carbocycles. The first-order chi connectivity index (χ1) is 8.16. The lowest BCUT2D eigenvalue weighted by atomic mass is 10.4. The molecule has 1 aromatic rings. The molecule has 8 heteroatoms. The summed E-state index contributed by atoms with van der Waals surface area (Å²) in [6, 6.07) is 0. The summed E-state index contributed by atoms with van der Waals surface area (Å²) in [6.07, 6.45) is 1.91. The first kappa shape index (κ1) is 13.6. The zero-order valence-electron chi connectivity index (χ0n) is 9.35. The van der Waals surface area contributed by atoms with E-state index in [9.17, 15) is 10.1 Å². The van der Waals surface area contributed by atoms with Gasteiger partial charge in [-0.3, -0.25) is 10.1 Å². The molecule has 0 aliphatic rings. The molecular formula is C9H13ClN4O3. The van der Waals surface area contributed by atoms with Crippen LogP contribution in [0.25, 0.3) is 0 Å². The largest absolute Gasteiger partial charge is 0.382 e. The number of aromatic nitrogens is 2. The molecule has 1 rings (SSSR count). The first-order valence-corrected chi connectivity index (χ1v) is 5.51. The lowest BCUT2D eigenvalue weighted by Crippen LogP contribution is -2.09. The highest BCUT2D eigenvalue weighted by molar-refractivity contribution is 6.31. The Hall–Kier alpha value is -1.47. The Balaban J connectivity index is 2.58. The topological polar surface area (TPSA) is 90.2 Å². The van der Waals surface area contributed by atoms with Gasteiger partial charge in [0.25, 0.3) is 0 Å². The number of halogens is 1. The molecular weight excluding hydrogens is 248 g/mol. The van der Waals surface area contributed by atoms with Crippen LogP contribution in [0.4, 0.5) is 11.5 Å². The van der Waals surface area contributed by atoms with Crippen molar-refractivity contribution in [3.63, 3.8) is 0 Å². The van der Waals surface area contributed by atoms with Gasteiger partial charge in [0, 0.05) is 19.8 Å². The highest BCUT2D eigenvalue weighted by Crippen LogP contribution is 2.27. The lowest BCUT2D eigenvalue weighted by molar-refractivity contribution is -0.384. The first-order valence-electron chi connectivity index (χ1n) is 5.13. The Kier molecular flexibility index (Phi) is 5.58. The van der Waals surface area contributed by atoms with Gasteiger partial charge in [0.05, 0.1) is 4.92 Å². The fraction of sp³-hybridized carbons (Fsp3) is 0.556. The SMILES string of the molecule is CCOCCCNc1ncnc(Cl)c1[N+](=O)[O-]. The second kappa shape index (κ2) is 6.97. The fourth-order valence-corrected chi connectivity index (χ4v) is 1.38. The zero-order chi connectivity index (χ0) is 12.7. The van der Waals surface area contributed by atoms with Crippen molar-refractivity contribution in [3.8, 4) is 0 Å². The van der Waals surface area contributed by atoms with Gasteiger partial charge in [0.15, 0.2) is 0 Å². The Labute approximate surface area is 103 Å². The van der Waals surface area contributed by atoms with Crippen molar-refractivity contribution in [1.82, 2.24) is 9.97 Å². The zero-order valence-corrected chi connectivity index (χ0v) is 10.1. The molecule has 0 amide bonds. The third kappa shape index (κ3) is 4.12. The van der Waals surface area contributed by atoms with Crippen molar-refractivity contribution in [2.45, 2.75) is 13.3 Å². The smallest absolute Gasteiger partial charge is 0.348 e. The van der Waals surface area contributed by atoms with Gasteiger partial charge in [-0.25, -0.2) is 9.97 Å². The standard InChI is InChI=1S/C9H13ClN4O3/c1-2-17-5-3-4-11-9-7(14(15)16)8(10)12-6-13-9/h6H,2-5H2,1H3,(H,11,12,13). The molecule has 0 atom stereocenters. The summed E-state index contributed by atoms with van der Waals surface area (Å²) in [4.78, 5) is 17.5. The number of nitrogens with zero attached hydrogens (tertiary/aromatic N) is 3. The summed E-state index contributed by atoms with van der Waals surface area (Å²) in [6.45, 7) is 3.67. The Morgan fingerprint density at radius 1 is 1.59 bits per heavy atom. The summed E-state index contributed by atoms with van der Waals surface area (Å²) in [5.74, 6) is 0.131. The fourth-order valence-electron chi connectivity index (χ4n) is 1.17. The van der Waals surface area contributed by atoms with Gasteiger partial charge in [-0.2, -0.15) is 0 Å². The summed E-state index contributed by atoms with van der Waals surface area (Å²) < 4.78 is 5.14.